The minimum atomic E-state index is -0.159. The van der Waals surface area contributed by atoms with E-state index < -0.39 is 0 Å². The second-order valence-electron chi connectivity index (χ2n) is 8.16. The van der Waals surface area contributed by atoms with Crippen LogP contribution in [0.25, 0.3) is 0 Å². The molecule has 0 unspecified atom stereocenters. The van der Waals surface area contributed by atoms with Gasteiger partial charge in [-0.3, -0.25) is 4.79 Å². The van der Waals surface area contributed by atoms with Crippen molar-refractivity contribution in [2.45, 2.75) is 25.7 Å². The molecule has 1 aliphatic rings. The number of thiophene rings is 1. The summed E-state index contributed by atoms with van der Waals surface area (Å²) in [6.45, 7) is 0. The Morgan fingerprint density at radius 2 is 1.82 bits per heavy atom. The van der Waals surface area contributed by atoms with Gasteiger partial charge in [0.1, 0.15) is 16.5 Å². The molecule has 3 aromatic rings. The largest absolute Gasteiger partial charge is 0.497 e. The van der Waals surface area contributed by atoms with E-state index in [2.05, 4.69) is 22.3 Å². The molecule has 0 saturated heterocycles. The first-order valence-corrected chi connectivity index (χ1v) is 11.8. The van der Waals surface area contributed by atoms with E-state index in [-0.39, 0.29) is 5.91 Å². The number of amides is 1. The summed E-state index contributed by atoms with van der Waals surface area (Å²) in [7, 11) is 7.21. The number of anilines is 2. The molecule has 33 heavy (non-hydrogen) atoms. The molecular formula is C26H29N3O3S. The fourth-order valence-electron chi connectivity index (χ4n) is 3.95. The van der Waals surface area contributed by atoms with Crippen LogP contribution in [0.2, 0.25) is 0 Å². The van der Waals surface area contributed by atoms with Crippen LogP contribution in [0.1, 0.15) is 39.2 Å². The fourth-order valence-corrected chi connectivity index (χ4v) is 5.19. The van der Waals surface area contributed by atoms with Gasteiger partial charge in [0.25, 0.3) is 5.91 Å². The van der Waals surface area contributed by atoms with Gasteiger partial charge >= 0.3 is 0 Å². The van der Waals surface area contributed by atoms with Crippen molar-refractivity contribution < 1.29 is 14.3 Å². The van der Waals surface area contributed by atoms with Crippen molar-refractivity contribution >= 4 is 39.8 Å². The normalized spacial score (nSPS) is 13.0. The van der Waals surface area contributed by atoms with Gasteiger partial charge in [0.2, 0.25) is 0 Å². The summed E-state index contributed by atoms with van der Waals surface area (Å²) >= 11 is 1.63. The average molecular weight is 464 g/mol. The van der Waals surface area contributed by atoms with E-state index in [1.54, 1.807) is 43.8 Å². The van der Waals surface area contributed by atoms with Crippen LogP contribution in [0, 0.1) is 0 Å². The molecule has 1 aliphatic carbocycles. The number of carbonyl (C=O) groups is 1. The van der Waals surface area contributed by atoms with Gasteiger partial charge < -0.3 is 19.7 Å². The Balaban J connectivity index is 1.65. The zero-order valence-corrected chi connectivity index (χ0v) is 20.3. The van der Waals surface area contributed by atoms with Crippen molar-refractivity contribution in [1.82, 2.24) is 0 Å². The van der Waals surface area contributed by atoms with Gasteiger partial charge in [-0.2, -0.15) is 0 Å². The molecule has 2 aromatic carbocycles. The van der Waals surface area contributed by atoms with Crippen LogP contribution in [0.15, 0.2) is 47.5 Å². The number of carbonyl (C=O) groups excluding carboxylic acids is 1. The second kappa shape index (κ2) is 10.1. The molecule has 0 bridgehead atoms. The highest BCUT2D eigenvalue weighted by molar-refractivity contribution is 7.16. The van der Waals surface area contributed by atoms with Crippen molar-refractivity contribution in [2.24, 2.45) is 4.99 Å². The number of fused-ring (bicyclic) bond motifs is 1. The predicted octanol–water partition coefficient (Wildman–Crippen LogP) is 5.71. The summed E-state index contributed by atoms with van der Waals surface area (Å²) in [5.41, 5.74) is 4.54. The molecule has 1 heterocycles. The summed E-state index contributed by atoms with van der Waals surface area (Å²) in [6.07, 6.45) is 5.98. The number of nitrogens with zero attached hydrogens (tertiary/aromatic N) is 2. The van der Waals surface area contributed by atoms with Crippen LogP contribution >= 0.6 is 11.3 Å². The molecule has 1 N–H and O–H groups in total. The average Bonchev–Trinajstić information content (AvgIpc) is 3.21. The third kappa shape index (κ3) is 5.03. The van der Waals surface area contributed by atoms with Gasteiger partial charge in [-0.25, -0.2) is 4.99 Å². The van der Waals surface area contributed by atoms with Gasteiger partial charge in [0, 0.05) is 36.9 Å². The highest BCUT2D eigenvalue weighted by atomic mass is 32.1. The number of rotatable bonds is 7. The Labute approximate surface area is 198 Å². The van der Waals surface area contributed by atoms with Crippen LogP contribution in [-0.4, -0.2) is 40.4 Å². The Morgan fingerprint density at radius 3 is 2.52 bits per heavy atom. The quantitative estimate of drug-likeness (QED) is 0.456. The van der Waals surface area contributed by atoms with E-state index in [1.807, 2.05) is 32.4 Å². The fraction of sp³-hybridized carbons (Fsp3) is 0.308. The Kier molecular flexibility index (Phi) is 6.99. The van der Waals surface area contributed by atoms with Gasteiger partial charge in [0.15, 0.2) is 0 Å². The Bertz CT molecular complexity index is 1170. The molecule has 172 valence electrons. The summed E-state index contributed by atoms with van der Waals surface area (Å²) in [5.74, 6) is 1.06. The summed E-state index contributed by atoms with van der Waals surface area (Å²) < 4.78 is 10.7. The van der Waals surface area contributed by atoms with Crippen molar-refractivity contribution in [3.63, 3.8) is 0 Å². The van der Waals surface area contributed by atoms with Crippen LogP contribution < -0.4 is 19.7 Å². The molecule has 0 fully saturated rings. The summed E-state index contributed by atoms with van der Waals surface area (Å²) in [5, 5.41) is 3.78. The number of methoxy groups -OCH3 is 2. The first-order valence-electron chi connectivity index (χ1n) is 11.0. The zero-order valence-electron chi connectivity index (χ0n) is 19.5. The van der Waals surface area contributed by atoms with Gasteiger partial charge in [-0.1, -0.05) is 12.1 Å². The molecule has 6 nitrogen and oxygen atoms in total. The van der Waals surface area contributed by atoms with E-state index in [0.717, 1.165) is 47.5 Å². The Morgan fingerprint density at radius 1 is 1.06 bits per heavy atom. The number of aliphatic imine (C=N–C) groups is 1. The standard InChI is InChI=1S/C26H29N3O3S/c1-29(2)18-11-9-17(10-12-18)16-27-26-24(20-7-5-6-8-23(20)33-26)25(30)28-21-14-13-19(31-3)15-22(21)32-4/h9-16H,5-8H2,1-4H3,(H,28,30)/b27-16+. The minimum Gasteiger partial charge on any atom is -0.497 e. The maximum absolute atomic E-state index is 13.5. The molecule has 4 rings (SSSR count). The van der Waals surface area contributed by atoms with E-state index in [4.69, 9.17) is 14.5 Å². The van der Waals surface area contributed by atoms with Gasteiger partial charge in [0.05, 0.1) is 25.5 Å². The third-order valence-electron chi connectivity index (χ3n) is 5.78. The second-order valence-corrected chi connectivity index (χ2v) is 9.24. The molecule has 0 spiro atoms. The van der Waals surface area contributed by atoms with Crippen LogP contribution in [0.5, 0.6) is 11.5 Å². The number of aryl methyl sites for hydroxylation is 1. The number of hydrogen-bond donors (Lipinski definition) is 1. The Hall–Kier alpha value is -3.32. The van der Waals surface area contributed by atoms with E-state index in [1.165, 1.54) is 4.88 Å². The van der Waals surface area contributed by atoms with Crippen LogP contribution in [0.4, 0.5) is 16.4 Å². The first-order chi connectivity index (χ1) is 16.0. The monoisotopic (exact) mass is 463 g/mol. The number of ether oxygens (including phenoxy) is 2. The number of nitrogens with one attached hydrogen (secondary N) is 1. The maximum atomic E-state index is 13.5. The van der Waals surface area contributed by atoms with E-state index in [9.17, 15) is 4.79 Å². The SMILES string of the molecule is COc1ccc(NC(=O)c2c(/N=C/c3ccc(N(C)C)cc3)sc3c2CCCC3)c(OC)c1. The first kappa shape index (κ1) is 22.9. The van der Waals surface area contributed by atoms with Gasteiger partial charge in [-0.15, -0.1) is 11.3 Å². The predicted molar refractivity (Wildman–Crippen MR) is 136 cm³/mol. The highest BCUT2D eigenvalue weighted by Crippen LogP contribution is 2.41. The summed E-state index contributed by atoms with van der Waals surface area (Å²) in [6, 6.07) is 13.5. The van der Waals surface area contributed by atoms with Crippen molar-refractivity contribution in [3.05, 3.63) is 64.0 Å². The van der Waals surface area contributed by atoms with Crippen molar-refractivity contribution in [1.29, 1.82) is 0 Å². The molecule has 0 saturated carbocycles. The smallest absolute Gasteiger partial charge is 0.259 e. The van der Waals surface area contributed by atoms with Crippen LogP contribution in [-0.2, 0) is 12.8 Å². The molecular weight excluding hydrogens is 434 g/mol. The van der Waals surface area contributed by atoms with Crippen molar-refractivity contribution in [2.75, 3.05) is 38.5 Å². The minimum absolute atomic E-state index is 0.159. The van der Waals surface area contributed by atoms with Crippen molar-refractivity contribution in [3.8, 4) is 11.5 Å². The topological polar surface area (TPSA) is 63.2 Å². The lowest BCUT2D eigenvalue weighted by Crippen LogP contribution is -2.15. The highest BCUT2D eigenvalue weighted by Gasteiger charge is 2.26. The maximum Gasteiger partial charge on any atom is 0.259 e. The molecule has 0 aliphatic heterocycles. The number of benzene rings is 2. The van der Waals surface area contributed by atoms with Gasteiger partial charge in [-0.05, 0) is 61.1 Å². The lowest BCUT2D eigenvalue weighted by molar-refractivity contribution is 0.102. The molecule has 7 heteroatoms. The lowest BCUT2D eigenvalue weighted by atomic mass is 9.95. The zero-order chi connectivity index (χ0) is 23.4. The van der Waals surface area contributed by atoms with E-state index >= 15 is 0 Å². The molecule has 1 aromatic heterocycles. The number of hydrogen-bond acceptors (Lipinski definition) is 6. The van der Waals surface area contributed by atoms with Crippen LogP contribution in [0.3, 0.4) is 0 Å². The van der Waals surface area contributed by atoms with E-state index in [0.29, 0.717) is 22.7 Å². The lowest BCUT2D eigenvalue weighted by Gasteiger charge is -2.14. The summed E-state index contributed by atoms with van der Waals surface area (Å²) in [4.78, 5) is 21.5. The molecule has 0 atom stereocenters. The third-order valence-corrected chi connectivity index (χ3v) is 6.98. The molecule has 0 radical (unpaired) electrons. The molecule has 1 amide bonds.